The Bertz CT molecular complexity index is 647. The predicted molar refractivity (Wildman–Crippen MR) is 94.8 cm³/mol. The summed E-state index contributed by atoms with van der Waals surface area (Å²) in [5.74, 6) is 1.50. The van der Waals surface area contributed by atoms with Gasteiger partial charge >= 0.3 is 0 Å². The van der Waals surface area contributed by atoms with E-state index in [0.717, 1.165) is 36.0 Å². The summed E-state index contributed by atoms with van der Waals surface area (Å²) in [7, 11) is 1.63. The van der Waals surface area contributed by atoms with Crippen LogP contribution in [0.2, 0.25) is 0 Å². The van der Waals surface area contributed by atoms with Crippen molar-refractivity contribution in [3.63, 3.8) is 0 Å². The van der Waals surface area contributed by atoms with Crippen LogP contribution in [0.25, 0.3) is 0 Å². The second-order valence-electron chi connectivity index (χ2n) is 4.34. The Balaban J connectivity index is 2.15. The number of methoxy groups -OCH3 is 1. The molecule has 0 spiro atoms. The molecule has 21 heavy (non-hydrogen) atoms. The topological polar surface area (TPSA) is 44.5 Å². The van der Waals surface area contributed by atoms with Crippen molar-refractivity contribution in [1.29, 1.82) is 0 Å². The number of benzene rings is 2. The van der Waals surface area contributed by atoms with Crippen LogP contribution in [0, 0.1) is 0 Å². The van der Waals surface area contributed by atoms with Gasteiger partial charge in [0, 0.05) is 16.6 Å². The SMILES string of the molecule is COc1cc(Br)c(OCc2ccc(CN)cc2Br)cc1Br. The average Bonchev–Trinajstić information content (AvgIpc) is 2.48. The molecule has 0 aliphatic rings. The van der Waals surface area contributed by atoms with Crippen molar-refractivity contribution in [3.05, 3.63) is 54.9 Å². The molecule has 2 rings (SSSR count). The third-order valence-electron chi connectivity index (χ3n) is 2.94. The van der Waals surface area contributed by atoms with Crippen LogP contribution in [-0.2, 0) is 13.2 Å². The van der Waals surface area contributed by atoms with Gasteiger partial charge in [-0.15, -0.1) is 0 Å². The fourth-order valence-corrected chi connectivity index (χ4v) is 3.23. The molecule has 0 atom stereocenters. The number of halogens is 3. The maximum Gasteiger partial charge on any atom is 0.135 e. The molecule has 112 valence electrons. The monoisotopic (exact) mass is 477 g/mol. The van der Waals surface area contributed by atoms with Gasteiger partial charge in [-0.1, -0.05) is 28.1 Å². The fraction of sp³-hybridized carbons (Fsp3) is 0.200. The first-order chi connectivity index (χ1) is 10.0. The average molecular weight is 480 g/mol. The molecule has 6 heteroatoms. The Morgan fingerprint density at radius 2 is 1.62 bits per heavy atom. The van der Waals surface area contributed by atoms with Crippen LogP contribution >= 0.6 is 47.8 Å². The summed E-state index contributed by atoms with van der Waals surface area (Å²) in [5.41, 5.74) is 7.77. The van der Waals surface area contributed by atoms with E-state index in [-0.39, 0.29) is 0 Å². The first kappa shape index (κ1) is 16.8. The highest BCUT2D eigenvalue weighted by Gasteiger charge is 2.09. The Labute approximate surface area is 149 Å². The van der Waals surface area contributed by atoms with Gasteiger partial charge in [0.15, 0.2) is 0 Å². The van der Waals surface area contributed by atoms with Crippen molar-refractivity contribution in [2.75, 3.05) is 7.11 Å². The summed E-state index contributed by atoms with van der Waals surface area (Å²) in [5, 5.41) is 0. The highest BCUT2D eigenvalue weighted by atomic mass is 79.9. The van der Waals surface area contributed by atoms with Gasteiger partial charge in [-0.25, -0.2) is 0 Å². The minimum absolute atomic E-state index is 0.461. The molecule has 0 aromatic heterocycles. The van der Waals surface area contributed by atoms with Crippen LogP contribution in [0.15, 0.2) is 43.7 Å². The molecule has 2 aromatic carbocycles. The molecule has 0 saturated carbocycles. The Morgan fingerprint density at radius 1 is 0.952 bits per heavy atom. The van der Waals surface area contributed by atoms with Crippen LogP contribution in [0.5, 0.6) is 11.5 Å². The van der Waals surface area contributed by atoms with Crippen molar-refractivity contribution >= 4 is 47.8 Å². The van der Waals surface area contributed by atoms with Crippen LogP contribution in [0.4, 0.5) is 0 Å². The molecular formula is C15H14Br3NO2. The molecule has 2 aromatic rings. The summed E-state index contributed by atoms with van der Waals surface area (Å²) in [4.78, 5) is 0. The van der Waals surface area contributed by atoms with Crippen LogP contribution < -0.4 is 15.2 Å². The smallest absolute Gasteiger partial charge is 0.135 e. The lowest BCUT2D eigenvalue weighted by atomic mass is 10.1. The highest BCUT2D eigenvalue weighted by Crippen LogP contribution is 2.36. The third-order valence-corrected chi connectivity index (χ3v) is 4.92. The molecule has 0 bridgehead atoms. The van der Waals surface area contributed by atoms with Crippen molar-refractivity contribution in [2.24, 2.45) is 5.73 Å². The molecule has 0 aliphatic carbocycles. The molecule has 0 unspecified atom stereocenters. The van der Waals surface area contributed by atoms with Gasteiger partial charge in [0.2, 0.25) is 0 Å². The summed E-state index contributed by atoms with van der Waals surface area (Å²) in [6, 6.07) is 9.77. The maximum absolute atomic E-state index is 5.86. The van der Waals surface area contributed by atoms with Gasteiger partial charge in [0.25, 0.3) is 0 Å². The molecule has 0 aliphatic heterocycles. The molecular weight excluding hydrogens is 466 g/mol. The van der Waals surface area contributed by atoms with Crippen LogP contribution in [0.1, 0.15) is 11.1 Å². The molecule has 0 radical (unpaired) electrons. The van der Waals surface area contributed by atoms with E-state index in [1.54, 1.807) is 7.11 Å². The molecule has 2 N–H and O–H groups in total. The standard InChI is InChI=1S/C15H14Br3NO2/c1-20-14-5-13(18)15(6-12(14)17)21-8-10-3-2-9(7-19)4-11(10)16/h2-6H,7-8,19H2,1H3. The van der Waals surface area contributed by atoms with E-state index in [1.807, 2.05) is 30.3 Å². The van der Waals surface area contributed by atoms with Gasteiger partial charge in [0.05, 0.1) is 16.1 Å². The normalized spacial score (nSPS) is 10.5. The first-order valence-electron chi connectivity index (χ1n) is 6.18. The Morgan fingerprint density at radius 3 is 2.24 bits per heavy atom. The molecule has 0 fully saturated rings. The number of ether oxygens (including phenoxy) is 2. The predicted octanol–water partition coefficient (Wildman–Crippen LogP) is 5.02. The first-order valence-corrected chi connectivity index (χ1v) is 8.56. The molecule has 0 amide bonds. The largest absolute Gasteiger partial charge is 0.496 e. The fourth-order valence-electron chi connectivity index (χ4n) is 1.77. The number of nitrogens with two attached hydrogens (primary N) is 1. The third kappa shape index (κ3) is 4.22. The van der Waals surface area contributed by atoms with E-state index in [1.165, 1.54) is 0 Å². The Kier molecular flexibility index (Phi) is 6.10. The summed E-state index contributed by atoms with van der Waals surface area (Å²) >= 11 is 10.5. The van der Waals surface area contributed by atoms with Crippen molar-refractivity contribution in [3.8, 4) is 11.5 Å². The quantitative estimate of drug-likeness (QED) is 0.655. The molecule has 0 saturated heterocycles. The van der Waals surface area contributed by atoms with Gasteiger partial charge in [-0.3, -0.25) is 0 Å². The van der Waals surface area contributed by atoms with Crippen LogP contribution in [0.3, 0.4) is 0 Å². The van der Waals surface area contributed by atoms with Gasteiger partial charge in [-0.05, 0) is 55.6 Å². The zero-order chi connectivity index (χ0) is 15.4. The summed E-state index contributed by atoms with van der Waals surface area (Å²) < 4.78 is 13.8. The second-order valence-corrected chi connectivity index (χ2v) is 6.90. The van der Waals surface area contributed by atoms with E-state index in [4.69, 9.17) is 15.2 Å². The molecule has 3 nitrogen and oxygen atoms in total. The second kappa shape index (κ2) is 7.63. The maximum atomic E-state index is 5.86. The minimum Gasteiger partial charge on any atom is -0.496 e. The van der Waals surface area contributed by atoms with E-state index in [9.17, 15) is 0 Å². The van der Waals surface area contributed by atoms with Gasteiger partial charge in [0.1, 0.15) is 18.1 Å². The summed E-state index contributed by atoms with van der Waals surface area (Å²) in [6.45, 7) is 0.986. The van der Waals surface area contributed by atoms with E-state index in [0.29, 0.717) is 13.2 Å². The lowest BCUT2D eigenvalue weighted by Crippen LogP contribution is -2.00. The van der Waals surface area contributed by atoms with Gasteiger partial charge < -0.3 is 15.2 Å². The number of hydrogen-bond acceptors (Lipinski definition) is 3. The van der Waals surface area contributed by atoms with Crippen molar-refractivity contribution in [1.82, 2.24) is 0 Å². The van der Waals surface area contributed by atoms with E-state index < -0.39 is 0 Å². The van der Waals surface area contributed by atoms with Crippen LogP contribution in [-0.4, -0.2) is 7.11 Å². The van der Waals surface area contributed by atoms with Crippen molar-refractivity contribution < 1.29 is 9.47 Å². The zero-order valence-electron chi connectivity index (χ0n) is 11.3. The number of rotatable bonds is 5. The lowest BCUT2D eigenvalue weighted by molar-refractivity contribution is 0.302. The number of hydrogen-bond donors (Lipinski definition) is 1. The highest BCUT2D eigenvalue weighted by molar-refractivity contribution is 9.11. The van der Waals surface area contributed by atoms with E-state index in [2.05, 4.69) is 47.8 Å². The lowest BCUT2D eigenvalue weighted by Gasteiger charge is -2.12. The Hall–Kier alpha value is -0.560. The zero-order valence-corrected chi connectivity index (χ0v) is 16.1. The molecule has 0 heterocycles. The van der Waals surface area contributed by atoms with E-state index >= 15 is 0 Å². The minimum atomic E-state index is 0.461. The van der Waals surface area contributed by atoms with Gasteiger partial charge in [-0.2, -0.15) is 0 Å². The van der Waals surface area contributed by atoms with Crippen molar-refractivity contribution in [2.45, 2.75) is 13.2 Å². The summed E-state index contributed by atoms with van der Waals surface area (Å²) in [6.07, 6.45) is 0.